The molecule has 1 atom stereocenters. The molecule has 70 valence electrons. The maximum Gasteiger partial charge on any atom is 0.237 e. The summed E-state index contributed by atoms with van der Waals surface area (Å²) in [4.78, 5) is 13.3. The summed E-state index contributed by atoms with van der Waals surface area (Å²) in [5.41, 5.74) is 0. The lowest BCUT2D eigenvalue weighted by atomic mass is 10.1. The molecule has 4 heteroatoms. The number of carbonyl (C=O) groups excluding carboxylic acids is 1. The zero-order chi connectivity index (χ0) is 8.97. The lowest BCUT2D eigenvalue weighted by Gasteiger charge is -2.26. The largest absolute Gasteiger partial charge is 0.353 e. The average molecular weight is 171 g/mol. The number of hydrogen-bond donors (Lipinski definition) is 2. The van der Waals surface area contributed by atoms with Crippen LogP contribution in [-0.4, -0.2) is 50.6 Å². The van der Waals surface area contributed by atoms with Crippen molar-refractivity contribution in [3.05, 3.63) is 0 Å². The average Bonchev–Trinajstić information content (AvgIpc) is 1.81. The summed E-state index contributed by atoms with van der Waals surface area (Å²) in [6, 6.07) is 0.0761. The van der Waals surface area contributed by atoms with Gasteiger partial charge in [-0.3, -0.25) is 4.79 Å². The highest BCUT2D eigenvalue weighted by Gasteiger charge is 2.23. The van der Waals surface area contributed by atoms with Crippen LogP contribution in [0.5, 0.6) is 0 Å². The molecule has 1 rings (SSSR count). The molecule has 1 unspecified atom stereocenters. The first-order valence-electron chi connectivity index (χ1n) is 4.36. The van der Waals surface area contributed by atoms with E-state index in [9.17, 15) is 4.79 Å². The molecule has 1 aliphatic heterocycles. The van der Waals surface area contributed by atoms with E-state index in [-0.39, 0.29) is 11.9 Å². The van der Waals surface area contributed by atoms with E-state index < -0.39 is 0 Å². The van der Waals surface area contributed by atoms with Crippen molar-refractivity contribution in [3.8, 4) is 0 Å². The van der Waals surface area contributed by atoms with Crippen LogP contribution in [0.4, 0.5) is 0 Å². The van der Waals surface area contributed by atoms with Crippen molar-refractivity contribution in [2.24, 2.45) is 0 Å². The molecule has 1 amide bonds. The maximum absolute atomic E-state index is 11.2. The lowest BCUT2D eigenvalue weighted by molar-refractivity contribution is -0.124. The van der Waals surface area contributed by atoms with Crippen molar-refractivity contribution in [3.63, 3.8) is 0 Å². The minimum Gasteiger partial charge on any atom is -0.353 e. The Morgan fingerprint density at radius 2 is 2.33 bits per heavy atom. The van der Waals surface area contributed by atoms with Crippen LogP contribution in [0.2, 0.25) is 0 Å². The number of nitrogens with zero attached hydrogens (tertiary/aromatic N) is 1. The molecule has 2 N–H and O–H groups in total. The predicted octanol–water partition coefficient (Wildman–Crippen LogP) is -0.974. The van der Waals surface area contributed by atoms with Gasteiger partial charge in [0.05, 0.1) is 6.04 Å². The van der Waals surface area contributed by atoms with Gasteiger partial charge in [-0.15, -0.1) is 0 Å². The van der Waals surface area contributed by atoms with Gasteiger partial charge in [0.2, 0.25) is 5.91 Å². The quantitative estimate of drug-likeness (QED) is 0.572. The second-order valence-corrected chi connectivity index (χ2v) is 3.39. The summed E-state index contributed by atoms with van der Waals surface area (Å²) in [5, 5.41) is 5.93. The van der Waals surface area contributed by atoms with E-state index in [4.69, 9.17) is 0 Å². The molecule has 1 aliphatic rings. The molecular weight excluding hydrogens is 154 g/mol. The molecule has 0 radical (unpaired) electrons. The molecule has 0 bridgehead atoms. The Labute approximate surface area is 73.3 Å². The van der Waals surface area contributed by atoms with Crippen LogP contribution in [0.25, 0.3) is 0 Å². The van der Waals surface area contributed by atoms with Gasteiger partial charge < -0.3 is 15.5 Å². The fraction of sp³-hybridized carbons (Fsp3) is 0.875. The van der Waals surface area contributed by atoms with Gasteiger partial charge in [0.25, 0.3) is 0 Å². The Bertz CT molecular complexity index is 154. The molecule has 0 aromatic heterocycles. The van der Waals surface area contributed by atoms with E-state index in [1.807, 2.05) is 14.1 Å². The zero-order valence-corrected chi connectivity index (χ0v) is 7.76. The Morgan fingerprint density at radius 1 is 1.67 bits per heavy atom. The van der Waals surface area contributed by atoms with Crippen molar-refractivity contribution in [2.75, 3.05) is 33.7 Å². The van der Waals surface area contributed by atoms with Crippen LogP contribution in [0.1, 0.15) is 6.42 Å². The van der Waals surface area contributed by atoms with E-state index in [0.29, 0.717) is 0 Å². The van der Waals surface area contributed by atoms with Gasteiger partial charge in [-0.2, -0.15) is 0 Å². The van der Waals surface area contributed by atoms with Gasteiger partial charge in [0.1, 0.15) is 0 Å². The van der Waals surface area contributed by atoms with Gasteiger partial charge in [0.15, 0.2) is 0 Å². The fourth-order valence-corrected chi connectivity index (χ4v) is 1.04. The van der Waals surface area contributed by atoms with Crippen molar-refractivity contribution in [2.45, 2.75) is 12.5 Å². The second-order valence-electron chi connectivity index (χ2n) is 3.39. The Balaban J connectivity index is 2.02. The SMILES string of the molecule is CN(C)CCNC(=O)C1CCN1. The standard InChI is InChI=1S/C8H17N3O/c1-11(2)6-5-10-8(12)7-3-4-9-7/h7,9H,3-6H2,1-2H3,(H,10,12). The Hall–Kier alpha value is -0.610. The van der Waals surface area contributed by atoms with E-state index in [2.05, 4.69) is 15.5 Å². The zero-order valence-electron chi connectivity index (χ0n) is 7.76. The highest BCUT2D eigenvalue weighted by atomic mass is 16.2. The third-order valence-electron chi connectivity index (χ3n) is 2.00. The summed E-state index contributed by atoms with van der Waals surface area (Å²) in [6.07, 6.45) is 0.980. The van der Waals surface area contributed by atoms with Crippen molar-refractivity contribution >= 4 is 5.91 Å². The molecule has 0 aliphatic carbocycles. The summed E-state index contributed by atoms with van der Waals surface area (Å²) >= 11 is 0. The number of rotatable bonds is 4. The van der Waals surface area contributed by atoms with E-state index in [0.717, 1.165) is 26.1 Å². The van der Waals surface area contributed by atoms with E-state index in [1.165, 1.54) is 0 Å². The van der Waals surface area contributed by atoms with Crippen LogP contribution < -0.4 is 10.6 Å². The van der Waals surface area contributed by atoms with Crippen LogP contribution >= 0.6 is 0 Å². The third-order valence-corrected chi connectivity index (χ3v) is 2.00. The maximum atomic E-state index is 11.2. The molecule has 4 nitrogen and oxygen atoms in total. The minimum atomic E-state index is 0.0761. The molecule has 0 spiro atoms. The van der Waals surface area contributed by atoms with Crippen LogP contribution in [0, 0.1) is 0 Å². The fourth-order valence-electron chi connectivity index (χ4n) is 1.04. The third kappa shape index (κ3) is 2.79. The topological polar surface area (TPSA) is 44.4 Å². The molecule has 0 saturated carbocycles. The lowest BCUT2D eigenvalue weighted by Crippen LogP contribution is -2.53. The molecule has 1 fully saturated rings. The van der Waals surface area contributed by atoms with Gasteiger partial charge in [-0.1, -0.05) is 0 Å². The highest BCUT2D eigenvalue weighted by Crippen LogP contribution is 2.00. The van der Waals surface area contributed by atoms with E-state index in [1.54, 1.807) is 0 Å². The first-order chi connectivity index (χ1) is 5.70. The summed E-state index contributed by atoms with van der Waals surface area (Å²) in [5.74, 6) is 0.142. The first kappa shape index (κ1) is 9.48. The number of carbonyl (C=O) groups is 1. The van der Waals surface area contributed by atoms with Crippen LogP contribution in [0.3, 0.4) is 0 Å². The van der Waals surface area contributed by atoms with Gasteiger partial charge >= 0.3 is 0 Å². The monoisotopic (exact) mass is 171 g/mol. The van der Waals surface area contributed by atoms with Gasteiger partial charge in [-0.05, 0) is 27.1 Å². The van der Waals surface area contributed by atoms with Crippen molar-refractivity contribution in [1.29, 1.82) is 0 Å². The van der Waals surface area contributed by atoms with Crippen LogP contribution in [0.15, 0.2) is 0 Å². The van der Waals surface area contributed by atoms with Gasteiger partial charge in [0, 0.05) is 13.1 Å². The predicted molar refractivity (Wildman–Crippen MR) is 48.0 cm³/mol. The number of nitrogens with one attached hydrogen (secondary N) is 2. The summed E-state index contributed by atoms with van der Waals surface area (Å²) in [7, 11) is 3.99. The molecular formula is C8H17N3O. The molecule has 1 heterocycles. The molecule has 0 aromatic carbocycles. The molecule has 0 aromatic rings. The van der Waals surface area contributed by atoms with Crippen LogP contribution in [-0.2, 0) is 4.79 Å². The smallest absolute Gasteiger partial charge is 0.237 e. The first-order valence-corrected chi connectivity index (χ1v) is 4.36. The Kier molecular flexibility index (Phi) is 3.49. The van der Waals surface area contributed by atoms with Crippen molar-refractivity contribution in [1.82, 2.24) is 15.5 Å². The molecule has 1 saturated heterocycles. The van der Waals surface area contributed by atoms with Crippen molar-refractivity contribution < 1.29 is 4.79 Å². The number of likely N-dealkylation sites (N-methyl/N-ethyl adjacent to an activating group) is 1. The second kappa shape index (κ2) is 4.42. The Morgan fingerprint density at radius 3 is 2.75 bits per heavy atom. The molecule has 12 heavy (non-hydrogen) atoms. The normalized spacial score (nSPS) is 22.1. The van der Waals surface area contributed by atoms with Gasteiger partial charge in [-0.25, -0.2) is 0 Å². The highest BCUT2D eigenvalue weighted by molar-refractivity contribution is 5.82. The summed E-state index contributed by atoms with van der Waals surface area (Å²) in [6.45, 7) is 2.62. The van der Waals surface area contributed by atoms with E-state index >= 15 is 0 Å². The number of hydrogen-bond acceptors (Lipinski definition) is 3. The summed E-state index contributed by atoms with van der Waals surface area (Å²) < 4.78 is 0. The number of amides is 1. The minimum absolute atomic E-state index is 0.0761.